The van der Waals surface area contributed by atoms with Gasteiger partial charge in [0.1, 0.15) is 18.3 Å². The van der Waals surface area contributed by atoms with Crippen LogP contribution in [0, 0.1) is 0 Å². The average molecular weight is 478 g/mol. The van der Waals surface area contributed by atoms with Crippen LogP contribution in [0.1, 0.15) is 27.5 Å². The van der Waals surface area contributed by atoms with E-state index >= 15 is 0 Å². The van der Waals surface area contributed by atoms with Crippen LogP contribution >= 0.6 is 0 Å². The van der Waals surface area contributed by atoms with E-state index < -0.39 is 24.0 Å². The van der Waals surface area contributed by atoms with Gasteiger partial charge in [-0.25, -0.2) is 9.59 Å². The van der Waals surface area contributed by atoms with E-state index in [9.17, 15) is 19.5 Å². The van der Waals surface area contributed by atoms with Crippen molar-refractivity contribution in [3.63, 3.8) is 0 Å². The Kier molecular flexibility index (Phi) is 6.83. The SMILES string of the molecule is CN(C)C[C@H](NC(=O)OCC1c2ccccc2-c2ccccc21)C(=O)Nc1cc(C(=O)O)n(C)n1. The summed E-state index contributed by atoms with van der Waals surface area (Å²) in [6.07, 6.45) is -0.721. The molecule has 4 rings (SSSR count). The first-order valence-corrected chi connectivity index (χ1v) is 11.1. The van der Waals surface area contributed by atoms with Gasteiger partial charge in [-0.3, -0.25) is 9.48 Å². The number of ether oxygens (including phenoxy) is 1. The molecule has 10 nitrogen and oxygen atoms in total. The lowest BCUT2D eigenvalue weighted by atomic mass is 9.98. The van der Waals surface area contributed by atoms with E-state index in [4.69, 9.17) is 4.74 Å². The van der Waals surface area contributed by atoms with Crippen molar-refractivity contribution in [3.05, 3.63) is 71.4 Å². The Bertz CT molecular complexity index is 1220. The van der Waals surface area contributed by atoms with Gasteiger partial charge in [-0.1, -0.05) is 48.5 Å². The zero-order valence-electron chi connectivity index (χ0n) is 19.7. The summed E-state index contributed by atoms with van der Waals surface area (Å²) in [6, 6.07) is 16.4. The Morgan fingerprint density at radius 1 is 1.09 bits per heavy atom. The first-order chi connectivity index (χ1) is 16.7. The number of fused-ring (bicyclic) bond motifs is 3. The van der Waals surface area contributed by atoms with Crippen molar-refractivity contribution in [3.8, 4) is 11.1 Å². The van der Waals surface area contributed by atoms with Gasteiger partial charge in [0, 0.05) is 25.6 Å². The number of benzene rings is 2. The maximum absolute atomic E-state index is 12.9. The van der Waals surface area contributed by atoms with Gasteiger partial charge in [-0.15, -0.1) is 0 Å². The number of nitrogens with one attached hydrogen (secondary N) is 2. The highest BCUT2D eigenvalue weighted by Gasteiger charge is 2.30. The molecule has 182 valence electrons. The quantitative estimate of drug-likeness (QED) is 0.455. The van der Waals surface area contributed by atoms with Crippen LogP contribution in [0.2, 0.25) is 0 Å². The number of likely N-dealkylation sites (N-methyl/N-ethyl adjacent to an activating group) is 1. The molecular formula is C25H27N5O5. The van der Waals surface area contributed by atoms with E-state index in [1.54, 1.807) is 19.0 Å². The molecule has 35 heavy (non-hydrogen) atoms. The summed E-state index contributed by atoms with van der Waals surface area (Å²) in [5.41, 5.74) is 4.35. The largest absolute Gasteiger partial charge is 0.477 e. The van der Waals surface area contributed by atoms with Crippen LogP contribution in [0.3, 0.4) is 0 Å². The number of carboxylic acids is 1. The summed E-state index contributed by atoms with van der Waals surface area (Å²) in [4.78, 5) is 38.5. The Balaban J connectivity index is 1.42. The number of aromatic nitrogens is 2. The highest BCUT2D eigenvalue weighted by molar-refractivity contribution is 5.97. The number of hydrogen-bond acceptors (Lipinski definition) is 6. The second-order valence-corrected chi connectivity index (χ2v) is 8.62. The first kappa shape index (κ1) is 24.0. The topological polar surface area (TPSA) is 126 Å². The third-order valence-electron chi connectivity index (χ3n) is 5.85. The molecule has 10 heteroatoms. The predicted molar refractivity (Wildman–Crippen MR) is 129 cm³/mol. The second-order valence-electron chi connectivity index (χ2n) is 8.62. The fourth-order valence-corrected chi connectivity index (χ4v) is 4.28. The zero-order valence-corrected chi connectivity index (χ0v) is 19.7. The molecule has 3 aromatic rings. The number of alkyl carbamates (subject to hydrolysis) is 1. The number of hydrogen-bond donors (Lipinski definition) is 3. The molecular weight excluding hydrogens is 450 g/mol. The zero-order chi connectivity index (χ0) is 25.1. The molecule has 2 aromatic carbocycles. The van der Waals surface area contributed by atoms with Crippen molar-refractivity contribution >= 4 is 23.8 Å². The summed E-state index contributed by atoms with van der Waals surface area (Å²) in [5, 5.41) is 18.3. The number of carboxylic acid groups (broad SMARTS) is 1. The van der Waals surface area contributed by atoms with Gasteiger partial charge in [0.2, 0.25) is 5.91 Å². The minimum absolute atomic E-state index is 0.0750. The number of anilines is 1. The molecule has 0 saturated carbocycles. The van der Waals surface area contributed by atoms with Gasteiger partial charge in [0.05, 0.1) is 0 Å². The summed E-state index contributed by atoms with van der Waals surface area (Å²) in [5.74, 6) is -1.73. The normalized spacial score (nSPS) is 13.1. The number of rotatable bonds is 8. The highest BCUT2D eigenvalue weighted by atomic mass is 16.5. The molecule has 0 spiro atoms. The number of carbonyl (C=O) groups excluding carboxylic acids is 2. The summed E-state index contributed by atoms with van der Waals surface area (Å²) < 4.78 is 6.71. The Morgan fingerprint density at radius 2 is 1.69 bits per heavy atom. The molecule has 1 heterocycles. The third-order valence-corrected chi connectivity index (χ3v) is 5.85. The van der Waals surface area contributed by atoms with Crippen LogP contribution in [0.5, 0.6) is 0 Å². The Morgan fingerprint density at radius 3 is 2.23 bits per heavy atom. The molecule has 0 fully saturated rings. The van der Waals surface area contributed by atoms with Crippen LogP contribution < -0.4 is 10.6 Å². The Hall–Kier alpha value is -4.18. The van der Waals surface area contributed by atoms with Crippen molar-refractivity contribution < 1.29 is 24.2 Å². The second kappa shape index (κ2) is 9.98. The van der Waals surface area contributed by atoms with Gasteiger partial charge in [-0.2, -0.15) is 5.10 Å². The molecule has 2 amide bonds. The van der Waals surface area contributed by atoms with Crippen molar-refractivity contribution in [1.29, 1.82) is 0 Å². The smallest absolute Gasteiger partial charge is 0.407 e. The van der Waals surface area contributed by atoms with Crippen LogP contribution in [-0.2, 0) is 16.6 Å². The number of nitrogens with zero attached hydrogens (tertiary/aromatic N) is 3. The van der Waals surface area contributed by atoms with Crippen molar-refractivity contribution in [1.82, 2.24) is 20.0 Å². The van der Waals surface area contributed by atoms with Crippen LogP contribution in [0.4, 0.5) is 10.6 Å². The third kappa shape index (κ3) is 5.17. The standard InChI is InChI=1S/C25H27N5O5/c1-29(2)13-20(23(31)27-22-12-21(24(32)33)30(3)28-22)26-25(34)35-14-19-17-10-6-4-8-15(17)16-9-5-7-11-18(16)19/h4-12,19-20H,13-14H2,1-3H3,(H,26,34)(H,32,33)(H,27,28,31)/t20-/m0/s1. The van der Waals surface area contributed by atoms with Crippen LogP contribution in [0.15, 0.2) is 54.6 Å². The summed E-state index contributed by atoms with van der Waals surface area (Å²) in [7, 11) is 5.00. The van der Waals surface area contributed by atoms with Crippen molar-refractivity contribution in [2.75, 3.05) is 32.6 Å². The molecule has 0 bridgehead atoms. The van der Waals surface area contributed by atoms with E-state index in [0.717, 1.165) is 26.9 Å². The van der Waals surface area contributed by atoms with Crippen LogP contribution in [-0.4, -0.2) is 71.0 Å². The van der Waals surface area contributed by atoms with E-state index in [1.165, 1.54) is 13.1 Å². The lowest BCUT2D eigenvalue weighted by molar-refractivity contribution is -0.118. The molecule has 1 atom stereocenters. The molecule has 1 aromatic heterocycles. The lowest BCUT2D eigenvalue weighted by Gasteiger charge is -2.22. The monoisotopic (exact) mass is 477 g/mol. The predicted octanol–water partition coefficient (Wildman–Crippen LogP) is 2.53. The number of aryl methyl sites for hydroxylation is 1. The van der Waals surface area contributed by atoms with Gasteiger partial charge < -0.3 is 25.4 Å². The summed E-state index contributed by atoms with van der Waals surface area (Å²) >= 11 is 0. The molecule has 0 saturated heterocycles. The molecule has 1 aliphatic carbocycles. The lowest BCUT2D eigenvalue weighted by Crippen LogP contribution is -2.49. The maximum atomic E-state index is 12.9. The Labute approximate surface area is 202 Å². The minimum Gasteiger partial charge on any atom is -0.477 e. The number of aromatic carboxylic acids is 1. The van der Waals surface area contributed by atoms with E-state index in [1.807, 2.05) is 36.4 Å². The number of carbonyl (C=O) groups is 3. The molecule has 0 unspecified atom stereocenters. The van der Waals surface area contributed by atoms with E-state index in [-0.39, 0.29) is 30.6 Å². The fourth-order valence-electron chi connectivity index (χ4n) is 4.28. The fraction of sp³-hybridized carbons (Fsp3) is 0.280. The first-order valence-electron chi connectivity index (χ1n) is 11.1. The van der Waals surface area contributed by atoms with Crippen molar-refractivity contribution in [2.45, 2.75) is 12.0 Å². The van der Waals surface area contributed by atoms with E-state index in [2.05, 4.69) is 27.9 Å². The average Bonchev–Trinajstić information content (AvgIpc) is 3.34. The van der Waals surface area contributed by atoms with Gasteiger partial charge >= 0.3 is 12.1 Å². The van der Waals surface area contributed by atoms with Gasteiger partial charge in [0.15, 0.2) is 5.82 Å². The van der Waals surface area contributed by atoms with Crippen LogP contribution in [0.25, 0.3) is 11.1 Å². The molecule has 0 radical (unpaired) electrons. The maximum Gasteiger partial charge on any atom is 0.407 e. The van der Waals surface area contributed by atoms with Crippen molar-refractivity contribution in [2.24, 2.45) is 7.05 Å². The molecule has 3 N–H and O–H groups in total. The number of amides is 2. The van der Waals surface area contributed by atoms with E-state index in [0.29, 0.717) is 0 Å². The summed E-state index contributed by atoms with van der Waals surface area (Å²) in [6.45, 7) is 0.326. The highest BCUT2D eigenvalue weighted by Crippen LogP contribution is 2.44. The van der Waals surface area contributed by atoms with Gasteiger partial charge in [0.25, 0.3) is 0 Å². The molecule has 0 aliphatic heterocycles. The molecule has 1 aliphatic rings. The van der Waals surface area contributed by atoms with Gasteiger partial charge in [-0.05, 0) is 36.3 Å². The minimum atomic E-state index is -1.16.